The molecule has 0 atom stereocenters. The number of benzene rings is 1. The molecule has 12 nitrogen and oxygen atoms in total. The third kappa shape index (κ3) is 7.69. The number of nitrogen functional groups attached to an aromatic ring is 1. The molecule has 2 aromatic rings. The van der Waals surface area contributed by atoms with E-state index < -0.39 is 21.3 Å². The average molecular weight is 588 g/mol. The van der Waals surface area contributed by atoms with Crippen molar-refractivity contribution in [3.63, 3.8) is 0 Å². The van der Waals surface area contributed by atoms with Gasteiger partial charge in [0.2, 0.25) is 21.8 Å². The van der Waals surface area contributed by atoms with E-state index >= 15 is 0 Å². The van der Waals surface area contributed by atoms with Gasteiger partial charge in [0.1, 0.15) is 11.4 Å². The zero-order valence-corrected chi connectivity index (χ0v) is 22.7. The van der Waals surface area contributed by atoms with Crippen molar-refractivity contribution < 1.29 is 31.2 Å². The molecule has 1 saturated heterocycles. The SMILES string of the molecule is CS(=O)(=O)N1CCN(C2CCC(Cc3nc(NCc4ccccc4OC(F)(F)F)nc(N)c3[N+](=O)[O-])CC2)CC1. The standard InChI is InChI=1S/C24H32F3N7O5S/c1-40(37,38)33-12-10-32(11-13-33)18-8-6-16(7-9-18)14-19-21(34(35)36)22(28)31-23(30-19)29-15-17-4-2-3-5-20(17)39-24(25,26)27/h2-5,16,18H,6-15H2,1H3,(H3,28,29,30,31). The number of ether oxygens (including phenoxy) is 1. The van der Waals surface area contributed by atoms with Crippen LogP contribution >= 0.6 is 0 Å². The van der Waals surface area contributed by atoms with E-state index in [4.69, 9.17) is 5.73 Å². The highest BCUT2D eigenvalue weighted by molar-refractivity contribution is 7.88. The topological polar surface area (TPSA) is 157 Å². The van der Waals surface area contributed by atoms with Gasteiger partial charge < -0.3 is 15.8 Å². The molecular formula is C24H32F3N7O5S. The summed E-state index contributed by atoms with van der Waals surface area (Å²) in [5, 5.41) is 14.6. The number of nitrogens with two attached hydrogens (primary N) is 1. The summed E-state index contributed by atoms with van der Waals surface area (Å²) in [4.78, 5) is 21.7. The molecule has 1 aromatic carbocycles. The van der Waals surface area contributed by atoms with E-state index in [1.54, 1.807) is 6.07 Å². The number of nitrogens with one attached hydrogen (secondary N) is 1. The number of hydrogen-bond donors (Lipinski definition) is 2. The summed E-state index contributed by atoms with van der Waals surface area (Å²) in [5.41, 5.74) is 5.91. The van der Waals surface area contributed by atoms with Gasteiger partial charge in [-0.15, -0.1) is 13.2 Å². The van der Waals surface area contributed by atoms with Crippen LogP contribution in [0, 0.1) is 16.0 Å². The van der Waals surface area contributed by atoms with Gasteiger partial charge in [-0.05, 0) is 44.1 Å². The van der Waals surface area contributed by atoms with Crippen molar-refractivity contribution in [2.24, 2.45) is 5.92 Å². The first kappa shape index (κ1) is 29.7. The highest BCUT2D eigenvalue weighted by Crippen LogP contribution is 2.34. The maximum atomic E-state index is 12.7. The summed E-state index contributed by atoms with van der Waals surface area (Å²) in [5.74, 6) is -0.616. The number of nitro groups is 1. The van der Waals surface area contributed by atoms with Crippen LogP contribution in [-0.4, -0.2) is 77.4 Å². The molecule has 0 unspecified atom stereocenters. The molecule has 220 valence electrons. The van der Waals surface area contributed by atoms with Crippen LogP contribution < -0.4 is 15.8 Å². The van der Waals surface area contributed by atoms with Gasteiger partial charge in [0.25, 0.3) is 0 Å². The minimum absolute atomic E-state index is 0.0302. The second-order valence-corrected chi connectivity index (χ2v) is 12.1. The minimum Gasteiger partial charge on any atom is -0.405 e. The lowest BCUT2D eigenvalue weighted by Gasteiger charge is -2.41. The van der Waals surface area contributed by atoms with Crippen LogP contribution in [-0.2, 0) is 23.0 Å². The van der Waals surface area contributed by atoms with Crippen LogP contribution in [0.1, 0.15) is 36.9 Å². The van der Waals surface area contributed by atoms with E-state index in [1.807, 2.05) is 0 Å². The molecule has 1 saturated carbocycles. The van der Waals surface area contributed by atoms with Crippen molar-refractivity contribution in [3.05, 3.63) is 45.6 Å². The second kappa shape index (κ2) is 12.1. The number of hydrogen-bond acceptors (Lipinski definition) is 10. The largest absolute Gasteiger partial charge is 0.573 e. The molecule has 0 spiro atoms. The lowest BCUT2D eigenvalue weighted by molar-refractivity contribution is -0.385. The summed E-state index contributed by atoms with van der Waals surface area (Å²) in [7, 11) is -3.20. The Morgan fingerprint density at radius 3 is 2.38 bits per heavy atom. The van der Waals surface area contributed by atoms with Gasteiger partial charge in [-0.3, -0.25) is 15.0 Å². The third-order valence-electron chi connectivity index (χ3n) is 7.36. The fourth-order valence-electron chi connectivity index (χ4n) is 5.38. The molecule has 1 aromatic heterocycles. The Hall–Kier alpha value is -3.24. The normalized spacial score (nSPS) is 21.2. The van der Waals surface area contributed by atoms with Crippen LogP contribution in [0.25, 0.3) is 0 Å². The number of anilines is 2. The third-order valence-corrected chi connectivity index (χ3v) is 8.66. The molecule has 2 fully saturated rings. The predicted molar refractivity (Wildman–Crippen MR) is 141 cm³/mol. The summed E-state index contributed by atoms with van der Waals surface area (Å²) < 4.78 is 67.3. The van der Waals surface area contributed by atoms with Crippen molar-refractivity contribution in [2.75, 3.05) is 43.5 Å². The quantitative estimate of drug-likeness (QED) is 0.330. The lowest BCUT2D eigenvalue weighted by atomic mass is 9.82. The van der Waals surface area contributed by atoms with Crippen LogP contribution in [0.15, 0.2) is 24.3 Å². The van der Waals surface area contributed by atoms with Crippen LogP contribution in [0.4, 0.5) is 30.6 Å². The van der Waals surface area contributed by atoms with Crippen LogP contribution in [0.3, 0.4) is 0 Å². The Labute approximate surface area is 229 Å². The maximum Gasteiger partial charge on any atom is 0.573 e. The van der Waals surface area contributed by atoms with Gasteiger partial charge in [-0.25, -0.2) is 13.4 Å². The summed E-state index contributed by atoms with van der Waals surface area (Å²) in [6.07, 6.45) is 0.0279. The first-order valence-electron chi connectivity index (χ1n) is 12.9. The fourth-order valence-corrected chi connectivity index (χ4v) is 6.20. The highest BCUT2D eigenvalue weighted by Gasteiger charge is 2.33. The molecule has 1 aliphatic heterocycles. The average Bonchev–Trinajstić information content (AvgIpc) is 2.87. The van der Waals surface area contributed by atoms with E-state index in [0.717, 1.165) is 25.7 Å². The Morgan fingerprint density at radius 1 is 1.12 bits per heavy atom. The molecular weight excluding hydrogens is 555 g/mol. The van der Waals surface area contributed by atoms with Crippen molar-refractivity contribution in [2.45, 2.75) is 51.1 Å². The van der Waals surface area contributed by atoms with Gasteiger partial charge >= 0.3 is 12.0 Å². The zero-order chi connectivity index (χ0) is 29.1. The smallest absolute Gasteiger partial charge is 0.405 e. The number of piperazine rings is 1. The number of alkyl halides is 3. The van der Waals surface area contributed by atoms with Crippen molar-refractivity contribution >= 4 is 27.5 Å². The van der Waals surface area contributed by atoms with E-state index in [1.165, 1.54) is 28.8 Å². The lowest BCUT2D eigenvalue weighted by Crippen LogP contribution is -2.52. The van der Waals surface area contributed by atoms with E-state index in [0.29, 0.717) is 38.6 Å². The monoisotopic (exact) mass is 587 g/mol. The summed E-state index contributed by atoms with van der Waals surface area (Å²) >= 11 is 0. The van der Waals surface area contributed by atoms with Gasteiger partial charge in [0, 0.05) is 44.3 Å². The molecule has 3 N–H and O–H groups in total. The number of halogens is 3. The van der Waals surface area contributed by atoms with Crippen molar-refractivity contribution in [1.29, 1.82) is 0 Å². The van der Waals surface area contributed by atoms with Crippen molar-refractivity contribution in [1.82, 2.24) is 19.2 Å². The molecule has 0 radical (unpaired) electrons. The Kier molecular flexibility index (Phi) is 8.99. The first-order valence-corrected chi connectivity index (χ1v) is 14.7. The zero-order valence-electron chi connectivity index (χ0n) is 21.9. The fraction of sp³-hybridized carbons (Fsp3) is 0.583. The molecule has 1 aliphatic carbocycles. The van der Waals surface area contributed by atoms with E-state index in [-0.39, 0.29) is 46.9 Å². The number of sulfonamides is 1. The highest BCUT2D eigenvalue weighted by atomic mass is 32.2. The Balaban J connectivity index is 1.40. The Morgan fingerprint density at radius 2 is 1.77 bits per heavy atom. The molecule has 4 rings (SSSR count). The molecule has 0 amide bonds. The molecule has 0 bridgehead atoms. The van der Waals surface area contributed by atoms with E-state index in [9.17, 15) is 31.7 Å². The second-order valence-electron chi connectivity index (χ2n) is 10.1. The summed E-state index contributed by atoms with van der Waals surface area (Å²) in [6, 6.07) is 5.91. The maximum absolute atomic E-state index is 12.7. The number of rotatable bonds is 9. The van der Waals surface area contributed by atoms with Gasteiger partial charge in [-0.1, -0.05) is 18.2 Å². The molecule has 40 heavy (non-hydrogen) atoms. The molecule has 2 aliphatic rings. The number of nitrogens with zero attached hydrogens (tertiary/aromatic N) is 5. The Bertz CT molecular complexity index is 1310. The summed E-state index contributed by atoms with van der Waals surface area (Å²) in [6.45, 7) is 2.15. The molecule has 2 heterocycles. The molecule has 16 heteroatoms. The van der Waals surface area contributed by atoms with E-state index in [2.05, 4.69) is 24.9 Å². The minimum atomic E-state index is -4.86. The van der Waals surface area contributed by atoms with Crippen molar-refractivity contribution in [3.8, 4) is 5.75 Å². The van der Waals surface area contributed by atoms with Gasteiger partial charge in [0.05, 0.1) is 11.2 Å². The first-order chi connectivity index (χ1) is 18.8. The van der Waals surface area contributed by atoms with Crippen LogP contribution in [0.5, 0.6) is 5.75 Å². The predicted octanol–water partition coefficient (Wildman–Crippen LogP) is 3.16. The number of para-hydroxylation sites is 1. The number of aromatic nitrogens is 2. The van der Waals surface area contributed by atoms with Gasteiger partial charge in [0.15, 0.2) is 0 Å². The van der Waals surface area contributed by atoms with Gasteiger partial charge in [-0.2, -0.15) is 9.29 Å². The van der Waals surface area contributed by atoms with Crippen LogP contribution in [0.2, 0.25) is 0 Å².